The van der Waals surface area contributed by atoms with Crippen molar-refractivity contribution < 1.29 is 4.79 Å². The minimum atomic E-state index is -0.0349. The third-order valence-electron chi connectivity index (χ3n) is 7.19. The maximum absolute atomic E-state index is 12.5. The Hall–Kier alpha value is -2.80. The number of hydrogen-bond donors (Lipinski definition) is 4. The second kappa shape index (κ2) is 10.6. The molecule has 7 nitrogen and oxygen atoms in total. The van der Waals surface area contributed by atoms with Gasteiger partial charge in [-0.2, -0.15) is 0 Å². The number of nitrogens with zero attached hydrogens (tertiary/aromatic N) is 2. The minimum absolute atomic E-state index is 0.0349. The minimum Gasteiger partial charge on any atom is -0.367 e. The Morgan fingerprint density at radius 1 is 1.09 bits per heavy atom. The summed E-state index contributed by atoms with van der Waals surface area (Å²) < 4.78 is 0. The highest BCUT2D eigenvalue weighted by atomic mass is 35.5. The third kappa shape index (κ3) is 5.63. The molecule has 3 aromatic heterocycles. The number of aromatic amines is 1. The molecule has 0 bridgehead atoms. The predicted molar refractivity (Wildman–Crippen MR) is 137 cm³/mol. The van der Waals surface area contributed by atoms with Gasteiger partial charge in [0.05, 0.1) is 0 Å². The monoisotopic (exact) mass is 480 g/mol. The smallest absolute Gasteiger partial charge is 0.315 e. The molecule has 2 saturated carbocycles. The number of carbonyl (C=O) groups excluding carboxylic acids is 1. The maximum atomic E-state index is 12.5. The number of rotatable bonds is 6. The van der Waals surface area contributed by atoms with Crippen LogP contribution >= 0.6 is 11.6 Å². The van der Waals surface area contributed by atoms with Gasteiger partial charge >= 0.3 is 6.03 Å². The van der Waals surface area contributed by atoms with Gasteiger partial charge in [-0.1, -0.05) is 30.9 Å². The summed E-state index contributed by atoms with van der Waals surface area (Å²) in [4.78, 5) is 24.6. The van der Waals surface area contributed by atoms with Gasteiger partial charge in [0.25, 0.3) is 0 Å². The van der Waals surface area contributed by atoms with Crippen molar-refractivity contribution in [3.63, 3.8) is 0 Å². The average Bonchev–Trinajstić information content (AvgIpc) is 3.28. The number of fused-ring (bicyclic) bond motifs is 1. The highest BCUT2D eigenvalue weighted by Gasteiger charge is 2.24. The van der Waals surface area contributed by atoms with Crippen LogP contribution in [0.1, 0.15) is 57.8 Å². The summed E-state index contributed by atoms with van der Waals surface area (Å²) >= 11 is 6.39. The molecule has 3 aromatic rings. The number of aromatic nitrogens is 3. The van der Waals surface area contributed by atoms with Gasteiger partial charge in [-0.3, -0.25) is 0 Å². The molecule has 2 atom stereocenters. The number of halogens is 1. The first kappa shape index (κ1) is 23.0. The molecule has 0 saturated heterocycles. The largest absolute Gasteiger partial charge is 0.367 e. The van der Waals surface area contributed by atoms with E-state index in [4.69, 9.17) is 11.6 Å². The number of H-pyrrole nitrogens is 1. The van der Waals surface area contributed by atoms with Crippen LogP contribution in [0.25, 0.3) is 22.2 Å². The van der Waals surface area contributed by atoms with Crippen molar-refractivity contribution in [1.82, 2.24) is 25.6 Å². The fourth-order valence-electron chi connectivity index (χ4n) is 5.45. The molecule has 8 heteroatoms. The van der Waals surface area contributed by atoms with Crippen molar-refractivity contribution in [3.8, 4) is 11.1 Å². The summed E-state index contributed by atoms with van der Waals surface area (Å²) in [5.41, 5.74) is 2.89. The van der Waals surface area contributed by atoms with E-state index in [0.29, 0.717) is 11.1 Å². The van der Waals surface area contributed by atoms with Crippen LogP contribution in [-0.2, 0) is 0 Å². The molecular weight excluding hydrogens is 448 g/mol. The van der Waals surface area contributed by atoms with Crippen molar-refractivity contribution >= 4 is 34.5 Å². The Labute approximate surface area is 205 Å². The topological polar surface area (TPSA) is 94.7 Å². The zero-order valence-corrected chi connectivity index (χ0v) is 20.2. The van der Waals surface area contributed by atoms with E-state index < -0.39 is 0 Å². The molecule has 0 radical (unpaired) electrons. The van der Waals surface area contributed by atoms with Crippen LogP contribution in [0.3, 0.4) is 0 Å². The molecular formula is C26H33ClN6O. The average molecular weight is 481 g/mol. The van der Waals surface area contributed by atoms with E-state index in [1.54, 1.807) is 6.20 Å². The van der Waals surface area contributed by atoms with Gasteiger partial charge < -0.3 is 20.9 Å². The van der Waals surface area contributed by atoms with E-state index in [1.807, 2.05) is 30.5 Å². The lowest BCUT2D eigenvalue weighted by molar-refractivity contribution is 0.227. The molecule has 2 aliphatic rings. The fourth-order valence-corrected chi connectivity index (χ4v) is 5.66. The number of amides is 2. The highest BCUT2D eigenvalue weighted by molar-refractivity contribution is 6.29. The molecule has 2 amide bonds. The summed E-state index contributed by atoms with van der Waals surface area (Å²) in [5, 5.41) is 11.4. The van der Waals surface area contributed by atoms with Gasteiger partial charge in [0.1, 0.15) is 16.6 Å². The first-order valence-electron chi connectivity index (χ1n) is 12.5. The lowest BCUT2D eigenvalue weighted by Crippen LogP contribution is -2.47. The Morgan fingerprint density at radius 3 is 2.82 bits per heavy atom. The molecule has 2 unspecified atom stereocenters. The number of carbonyl (C=O) groups is 1. The SMILES string of the molecule is O=C(NCC1CCCCC1)NC1CCCC(Nc2cc(-c3c[nH]c4ncccc34)cc(Cl)n2)C1. The van der Waals surface area contributed by atoms with E-state index in [0.717, 1.165) is 60.2 Å². The Kier molecular flexibility index (Phi) is 7.19. The van der Waals surface area contributed by atoms with Gasteiger partial charge in [-0.15, -0.1) is 0 Å². The Morgan fingerprint density at radius 2 is 1.94 bits per heavy atom. The summed E-state index contributed by atoms with van der Waals surface area (Å²) in [5.74, 6) is 1.39. The number of urea groups is 1. The summed E-state index contributed by atoms with van der Waals surface area (Å²) in [6.45, 7) is 0.790. The maximum Gasteiger partial charge on any atom is 0.315 e. The van der Waals surface area contributed by atoms with E-state index >= 15 is 0 Å². The van der Waals surface area contributed by atoms with Crippen molar-refractivity contribution in [2.24, 2.45) is 5.92 Å². The second-order valence-corrected chi connectivity index (χ2v) is 10.1. The van der Waals surface area contributed by atoms with E-state index in [-0.39, 0.29) is 18.1 Å². The highest BCUT2D eigenvalue weighted by Crippen LogP contribution is 2.31. The Bertz CT molecular complexity index is 1130. The predicted octanol–water partition coefficient (Wildman–Crippen LogP) is 5.88. The van der Waals surface area contributed by atoms with Crippen LogP contribution in [0, 0.1) is 5.92 Å². The van der Waals surface area contributed by atoms with Crippen molar-refractivity contribution in [2.75, 3.05) is 11.9 Å². The van der Waals surface area contributed by atoms with Crippen LogP contribution in [0.2, 0.25) is 5.15 Å². The molecule has 2 fully saturated rings. The van der Waals surface area contributed by atoms with Gasteiger partial charge in [0, 0.05) is 42.0 Å². The van der Waals surface area contributed by atoms with Gasteiger partial charge in [0.2, 0.25) is 0 Å². The van der Waals surface area contributed by atoms with E-state index in [9.17, 15) is 4.79 Å². The van der Waals surface area contributed by atoms with Crippen molar-refractivity contribution in [1.29, 1.82) is 0 Å². The normalized spacial score (nSPS) is 21.3. The lowest BCUT2D eigenvalue weighted by atomic mass is 9.89. The molecule has 0 aliphatic heterocycles. The first-order valence-corrected chi connectivity index (χ1v) is 12.9. The molecule has 2 aliphatic carbocycles. The molecule has 0 spiro atoms. The van der Waals surface area contributed by atoms with E-state index in [1.165, 1.54) is 32.1 Å². The summed E-state index contributed by atoms with van der Waals surface area (Å²) in [7, 11) is 0. The summed E-state index contributed by atoms with van der Waals surface area (Å²) in [6, 6.07) is 8.26. The number of nitrogens with one attached hydrogen (secondary N) is 4. The van der Waals surface area contributed by atoms with Gasteiger partial charge in [-0.25, -0.2) is 14.8 Å². The Balaban J connectivity index is 1.19. The standard InChI is InChI=1S/C26H33ClN6O/c27-23-12-18(22-16-29-25-21(22)10-5-11-28-25)13-24(33-23)31-19-8-4-9-20(14-19)32-26(34)30-15-17-6-2-1-3-7-17/h5,10-13,16-17,19-20H,1-4,6-9,14-15H2,(H,28,29)(H,31,33)(H2,30,32,34). The van der Waals surface area contributed by atoms with Crippen LogP contribution < -0.4 is 16.0 Å². The molecule has 5 rings (SSSR count). The quantitative estimate of drug-likeness (QED) is 0.331. The number of hydrogen-bond acceptors (Lipinski definition) is 4. The zero-order valence-electron chi connectivity index (χ0n) is 19.4. The molecule has 0 aromatic carbocycles. The lowest BCUT2D eigenvalue weighted by Gasteiger charge is -2.31. The van der Waals surface area contributed by atoms with Crippen molar-refractivity contribution in [2.45, 2.75) is 69.9 Å². The first-order chi connectivity index (χ1) is 16.6. The van der Waals surface area contributed by atoms with Crippen LogP contribution in [0.4, 0.5) is 10.6 Å². The molecule has 3 heterocycles. The second-order valence-electron chi connectivity index (χ2n) is 9.73. The van der Waals surface area contributed by atoms with Crippen LogP contribution in [0.5, 0.6) is 0 Å². The summed E-state index contributed by atoms with van der Waals surface area (Å²) in [6.07, 6.45) is 14.1. The zero-order chi connectivity index (χ0) is 23.3. The van der Waals surface area contributed by atoms with E-state index in [2.05, 4.69) is 30.9 Å². The van der Waals surface area contributed by atoms with Crippen molar-refractivity contribution in [3.05, 3.63) is 41.8 Å². The van der Waals surface area contributed by atoms with Gasteiger partial charge in [-0.05, 0) is 74.3 Å². The number of anilines is 1. The fraction of sp³-hybridized carbons (Fsp3) is 0.500. The van der Waals surface area contributed by atoms with Gasteiger partial charge in [0.15, 0.2) is 0 Å². The third-order valence-corrected chi connectivity index (χ3v) is 7.39. The molecule has 180 valence electrons. The number of pyridine rings is 2. The molecule has 4 N–H and O–H groups in total. The molecule has 34 heavy (non-hydrogen) atoms. The van der Waals surface area contributed by atoms with Crippen LogP contribution in [-0.4, -0.2) is 39.6 Å². The van der Waals surface area contributed by atoms with Crippen LogP contribution in [0.15, 0.2) is 36.7 Å².